The molecule has 0 atom stereocenters. The first-order valence-corrected chi connectivity index (χ1v) is 9.90. The molecule has 1 N–H and O–H groups in total. The summed E-state index contributed by atoms with van der Waals surface area (Å²) in [4.78, 5) is 11.9. The molecule has 1 aliphatic rings. The van der Waals surface area contributed by atoms with Crippen molar-refractivity contribution in [1.82, 2.24) is 4.31 Å². The van der Waals surface area contributed by atoms with Gasteiger partial charge in [-0.15, -0.1) is 0 Å². The van der Waals surface area contributed by atoms with Crippen molar-refractivity contribution in [2.45, 2.75) is 38.5 Å². The monoisotopic (exact) mass is 349 g/mol. The second kappa shape index (κ2) is 8.81. The second-order valence-corrected chi connectivity index (χ2v) is 8.06. The molecule has 1 aliphatic heterocycles. The molecule has 0 bridgehead atoms. The summed E-state index contributed by atoms with van der Waals surface area (Å²) in [6.07, 6.45) is 4.28. The third-order valence-corrected chi connectivity index (χ3v) is 6.02. The van der Waals surface area contributed by atoms with Gasteiger partial charge in [-0.2, -0.15) is 5.26 Å². The van der Waals surface area contributed by atoms with Gasteiger partial charge in [0.25, 0.3) is 0 Å². The summed E-state index contributed by atoms with van der Waals surface area (Å²) in [6, 6.07) is 8.65. The summed E-state index contributed by atoms with van der Waals surface area (Å²) in [5.41, 5.74) is 1.18. The van der Waals surface area contributed by atoms with Crippen LogP contribution in [0.15, 0.2) is 24.3 Å². The van der Waals surface area contributed by atoms with Crippen molar-refractivity contribution in [3.8, 4) is 6.07 Å². The third-order valence-electron chi connectivity index (χ3n) is 4.06. The summed E-state index contributed by atoms with van der Waals surface area (Å²) in [5, 5.41) is 11.5. The van der Waals surface area contributed by atoms with Crippen LogP contribution in [0.1, 0.15) is 44.1 Å². The summed E-state index contributed by atoms with van der Waals surface area (Å²) < 4.78 is 25.9. The molecule has 1 fully saturated rings. The summed E-state index contributed by atoms with van der Waals surface area (Å²) in [5.74, 6) is -0.0352. The molecule has 1 aromatic rings. The highest BCUT2D eigenvalue weighted by molar-refractivity contribution is 7.89. The van der Waals surface area contributed by atoms with E-state index in [1.807, 2.05) is 6.07 Å². The van der Waals surface area contributed by atoms with Crippen LogP contribution < -0.4 is 5.32 Å². The Labute approximate surface area is 143 Å². The van der Waals surface area contributed by atoms with Crippen LogP contribution in [0.5, 0.6) is 0 Å². The van der Waals surface area contributed by atoms with E-state index in [0.717, 1.165) is 19.3 Å². The predicted molar refractivity (Wildman–Crippen MR) is 92.8 cm³/mol. The lowest BCUT2D eigenvalue weighted by Gasteiger charge is -2.25. The highest BCUT2D eigenvalue weighted by Crippen LogP contribution is 2.15. The number of hydrogen-bond donors (Lipinski definition) is 1. The molecule has 7 heteroatoms. The number of nitrogens with zero attached hydrogens (tertiary/aromatic N) is 2. The van der Waals surface area contributed by atoms with Crippen LogP contribution in [0.25, 0.3) is 0 Å². The quantitative estimate of drug-likeness (QED) is 0.766. The number of nitrogens with one attached hydrogen (secondary N) is 1. The lowest BCUT2D eigenvalue weighted by Crippen LogP contribution is -2.37. The van der Waals surface area contributed by atoms with Gasteiger partial charge in [0.05, 0.1) is 17.4 Å². The molecule has 0 radical (unpaired) electrons. The molecular formula is C17H23N3O3S. The number of benzene rings is 1. The molecule has 1 aromatic carbocycles. The normalized spacial score (nSPS) is 15.6. The largest absolute Gasteiger partial charge is 0.326 e. The van der Waals surface area contributed by atoms with Gasteiger partial charge in [-0.25, -0.2) is 12.7 Å². The molecule has 0 aromatic heterocycles. The lowest BCUT2D eigenvalue weighted by atomic mass is 10.2. The van der Waals surface area contributed by atoms with Crippen LogP contribution in [-0.4, -0.2) is 37.5 Å². The van der Waals surface area contributed by atoms with Gasteiger partial charge in [-0.3, -0.25) is 4.79 Å². The van der Waals surface area contributed by atoms with Gasteiger partial charge in [-0.05, 0) is 49.9 Å². The van der Waals surface area contributed by atoms with Crippen molar-refractivity contribution in [3.63, 3.8) is 0 Å². The average Bonchev–Trinajstić information content (AvgIpc) is 2.60. The van der Waals surface area contributed by atoms with Gasteiger partial charge in [0.15, 0.2) is 0 Å². The van der Waals surface area contributed by atoms with E-state index < -0.39 is 10.0 Å². The fourth-order valence-electron chi connectivity index (χ4n) is 2.69. The fourth-order valence-corrected chi connectivity index (χ4v) is 4.34. The Morgan fingerprint density at radius 1 is 1.12 bits per heavy atom. The van der Waals surface area contributed by atoms with E-state index in [1.54, 1.807) is 28.6 Å². The summed E-state index contributed by atoms with van der Waals surface area (Å²) >= 11 is 0. The topological polar surface area (TPSA) is 90.3 Å². The first-order chi connectivity index (χ1) is 11.5. The zero-order chi connectivity index (χ0) is 17.4. The molecule has 0 aliphatic carbocycles. The van der Waals surface area contributed by atoms with Gasteiger partial charge in [0.2, 0.25) is 15.9 Å². The minimum atomic E-state index is -3.18. The lowest BCUT2D eigenvalue weighted by molar-refractivity contribution is -0.116. The molecule has 0 unspecified atom stereocenters. The van der Waals surface area contributed by atoms with Crippen molar-refractivity contribution in [3.05, 3.63) is 29.8 Å². The highest BCUT2D eigenvalue weighted by Gasteiger charge is 2.23. The van der Waals surface area contributed by atoms with Gasteiger partial charge < -0.3 is 5.32 Å². The number of carbonyl (C=O) groups is 1. The van der Waals surface area contributed by atoms with Crippen molar-refractivity contribution in [2.24, 2.45) is 0 Å². The highest BCUT2D eigenvalue weighted by atomic mass is 32.2. The molecule has 1 heterocycles. The number of nitriles is 1. The van der Waals surface area contributed by atoms with Crippen molar-refractivity contribution in [1.29, 1.82) is 5.26 Å². The number of anilines is 1. The number of rotatable bonds is 7. The van der Waals surface area contributed by atoms with E-state index in [-0.39, 0.29) is 18.1 Å². The average molecular weight is 349 g/mol. The standard InChI is InChI=1S/C17H23N3O3S/c18-14-15-7-9-16(10-8-15)19-17(21)6-2-5-13-24(22,23)20-11-3-1-4-12-20/h7-10H,1-6,11-13H2,(H,19,21). The second-order valence-electron chi connectivity index (χ2n) is 5.97. The Kier molecular flexibility index (Phi) is 6.76. The number of amides is 1. The molecule has 0 saturated carbocycles. The van der Waals surface area contributed by atoms with E-state index in [9.17, 15) is 13.2 Å². The Balaban J connectivity index is 1.69. The maximum absolute atomic E-state index is 12.2. The first kappa shape index (κ1) is 18.4. The van der Waals surface area contributed by atoms with Gasteiger partial charge in [-0.1, -0.05) is 6.42 Å². The maximum Gasteiger partial charge on any atom is 0.224 e. The van der Waals surface area contributed by atoms with Gasteiger partial charge in [0, 0.05) is 25.2 Å². The summed E-state index contributed by atoms with van der Waals surface area (Å²) in [6.45, 7) is 1.25. The van der Waals surface area contributed by atoms with Crippen LogP contribution in [0, 0.1) is 11.3 Å². The van der Waals surface area contributed by atoms with E-state index in [1.165, 1.54) is 0 Å². The zero-order valence-corrected chi connectivity index (χ0v) is 14.5. The molecule has 1 saturated heterocycles. The Morgan fingerprint density at radius 2 is 1.79 bits per heavy atom. The number of piperidine rings is 1. The van der Waals surface area contributed by atoms with E-state index in [2.05, 4.69) is 5.32 Å². The first-order valence-electron chi connectivity index (χ1n) is 8.29. The fraction of sp³-hybridized carbons (Fsp3) is 0.529. The smallest absolute Gasteiger partial charge is 0.224 e. The zero-order valence-electron chi connectivity index (χ0n) is 13.7. The van der Waals surface area contributed by atoms with Crippen LogP contribution in [0.3, 0.4) is 0 Å². The Morgan fingerprint density at radius 3 is 2.42 bits per heavy atom. The van der Waals surface area contributed by atoms with Crippen LogP contribution >= 0.6 is 0 Å². The van der Waals surface area contributed by atoms with E-state index in [0.29, 0.717) is 37.2 Å². The molecule has 1 amide bonds. The number of unbranched alkanes of at least 4 members (excludes halogenated alkanes) is 1. The number of hydrogen-bond acceptors (Lipinski definition) is 4. The number of carbonyl (C=O) groups excluding carboxylic acids is 1. The molecule has 0 spiro atoms. The van der Waals surface area contributed by atoms with Crippen molar-refractivity contribution >= 4 is 21.6 Å². The maximum atomic E-state index is 12.2. The summed E-state index contributed by atoms with van der Waals surface area (Å²) in [7, 11) is -3.18. The van der Waals surface area contributed by atoms with E-state index >= 15 is 0 Å². The van der Waals surface area contributed by atoms with Crippen molar-refractivity contribution in [2.75, 3.05) is 24.2 Å². The number of sulfonamides is 1. The minimum Gasteiger partial charge on any atom is -0.326 e. The van der Waals surface area contributed by atoms with Gasteiger partial charge >= 0.3 is 0 Å². The van der Waals surface area contributed by atoms with Gasteiger partial charge in [0.1, 0.15) is 0 Å². The molecule has 6 nitrogen and oxygen atoms in total. The van der Waals surface area contributed by atoms with Crippen LogP contribution in [-0.2, 0) is 14.8 Å². The Bertz CT molecular complexity index is 687. The predicted octanol–water partition coefficient (Wildman–Crippen LogP) is 2.48. The Hall–Kier alpha value is -1.91. The van der Waals surface area contributed by atoms with Crippen LogP contribution in [0.4, 0.5) is 5.69 Å². The van der Waals surface area contributed by atoms with Crippen molar-refractivity contribution < 1.29 is 13.2 Å². The molecule has 24 heavy (non-hydrogen) atoms. The molecule has 130 valence electrons. The minimum absolute atomic E-state index is 0.108. The molecule has 2 rings (SSSR count). The molecular weight excluding hydrogens is 326 g/mol. The SMILES string of the molecule is N#Cc1ccc(NC(=O)CCCCS(=O)(=O)N2CCCCC2)cc1. The van der Waals surface area contributed by atoms with Crippen LogP contribution in [0.2, 0.25) is 0 Å². The van der Waals surface area contributed by atoms with E-state index in [4.69, 9.17) is 5.26 Å². The third kappa shape index (κ3) is 5.62.